The van der Waals surface area contributed by atoms with Gasteiger partial charge in [0.05, 0.1) is 4.88 Å². The SMILES string of the molecule is CNC(=O)c1ncoc1-c1cccs1. The zero-order chi connectivity index (χ0) is 9.97. The molecule has 1 amide bonds. The summed E-state index contributed by atoms with van der Waals surface area (Å²) in [5.41, 5.74) is 0.329. The van der Waals surface area contributed by atoms with Crippen molar-refractivity contribution >= 4 is 17.2 Å². The lowest BCUT2D eigenvalue weighted by molar-refractivity contribution is 0.0959. The topological polar surface area (TPSA) is 55.1 Å². The van der Waals surface area contributed by atoms with Crippen LogP contribution in [0.2, 0.25) is 0 Å². The van der Waals surface area contributed by atoms with Gasteiger partial charge < -0.3 is 9.73 Å². The van der Waals surface area contributed by atoms with Crippen LogP contribution in [0, 0.1) is 0 Å². The maximum absolute atomic E-state index is 11.4. The number of thiophene rings is 1. The number of oxazole rings is 1. The lowest BCUT2D eigenvalue weighted by Gasteiger charge is -1.96. The van der Waals surface area contributed by atoms with Crippen molar-refractivity contribution in [1.29, 1.82) is 0 Å². The van der Waals surface area contributed by atoms with Crippen molar-refractivity contribution in [2.45, 2.75) is 0 Å². The Hall–Kier alpha value is -1.62. The fourth-order valence-corrected chi connectivity index (χ4v) is 1.82. The summed E-state index contributed by atoms with van der Waals surface area (Å²) in [4.78, 5) is 16.1. The monoisotopic (exact) mass is 208 g/mol. The van der Waals surface area contributed by atoms with Crippen molar-refractivity contribution in [1.82, 2.24) is 10.3 Å². The van der Waals surface area contributed by atoms with E-state index >= 15 is 0 Å². The molecule has 72 valence electrons. The Kier molecular flexibility index (Phi) is 2.32. The van der Waals surface area contributed by atoms with E-state index in [-0.39, 0.29) is 5.91 Å². The molecule has 0 radical (unpaired) electrons. The highest BCUT2D eigenvalue weighted by Crippen LogP contribution is 2.27. The maximum atomic E-state index is 11.4. The molecule has 0 atom stereocenters. The molecule has 2 rings (SSSR count). The second-order valence-electron chi connectivity index (χ2n) is 2.59. The summed E-state index contributed by atoms with van der Waals surface area (Å²) < 4.78 is 5.17. The van der Waals surface area contributed by atoms with Gasteiger partial charge in [-0.15, -0.1) is 11.3 Å². The molecular formula is C9H8N2O2S. The fourth-order valence-electron chi connectivity index (χ4n) is 1.11. The van der Waals surface area contributed by atoms with Crippen LogP contribution in [0.15, 0.2) is 28.3 Å². The molecule has 0 aliphatic heterocycles. The zero-order valence-electron chi connectivity index (χ0n) is 7.48. The molecule has 0 aliphatic rings. The molecule has 0 fully saturated rings. The Bertz CT molecular complexity index is 433. The van der Waals surface area contributed by atoms with Gasteiger partial charge in [0, 0.05) is 7.05 Å². The Morgan fingerprint density at radius 1 is 1.64 bits per heavy atom. The van der Waals surface area contributed by atoms with Crippen LogP contribution in [-0.2, 0) is 0 Å². The molecule has 0 saturated heterocycles. The number of hydrogen-bond acceptors (Lipinski definition) is 4. The molecular weight excluding hydrogens is 200 g/mol. The Morgan fingerprint density at radius 3 is 3.14 bits per heavy atom. The molecule has 5 heteroatoms. The van der Waals surface area contributed by atoms with Gasteiger partial charge in [-0.3, -0.25) is 4.79 Å². The van der Waals surface area contributed by atoms with Crippen LogP contribution in [0.5, 0.6) is 0 Å². The predicted octanol–water partition coefficient (Wildman–Crippen LogP) is 1.76. The van der Waals surface area contributed by atoms with Gasteiger partial charge in [-0.05, 0) is 11.4 Å². The number of rotatable bonds is 2. The summed E-state index contributed by atoms with van der Waals surface area (Å²) in [6.07, 6.45) is 1.28. The van der Waals surface area contributed by atoms with Crippen molar-refractivity contribution in [3.63, 3.8) is 0 Å². The third kappa shape index (κ3) is 1.42. The van der Waals surface area contributed by atoms with E-state index in [1.165, 1.54) is 17.7 Å². The van der Waals surface area contributed by atoms with Crippen LogP contribution in [0.3, 0.4) is 0 Å². The first-order valence-corrected chi connectivity index (χ1v) is 4.90. The summed E-state index contributed by atoms with van der Waals surface area (Å²) in [6, 6.07) is 3.79. The lowest BCUT2D eigenvalue weighted by atomic mass is 10.3. The van der Waals surface area contributed by atoms with Crippen LogP contribution in [-0.4, -0.2) is 17.9 Å². The van der Waals surface area contributed by atoms with Crippen LogP contribution >= 0.6 is 11.3 Å². The molecule has 0 spiro atoms. The van der Waals surface area contributed by atoms with Gasteiger partial charge in [0.15, 0.2) is 17.8 Å². The second-order valence-corrected chi connectivity index (χ2v) is 3.53. The first-order valence-electron chi connectivity index (χ1n) is 4.02. The first kappa shape index (κ1) is 8.96. The number of nitrogens with zero attached hydrogens (tertiary/aromatic N) is 1. The molecule has 2 aromatic heterocycles. The Morgan fingerprint density at radius 2 is 2.50 bits per heavy atom. The standard InChI is InChI=1S/C9H8N2O2S/c1-10-9(12)7-8(13-5-11-7)6-3-2-4-14-6/h2-5H,1H3,(H,10,12). The van der Waals surface area contributed by atoms with Gasteiger partial charge in [-0.2, -0.15) is 0 Å². The minimum absolute atomic E-state index is 0.234. The summed E-state index contributed by atoms with van der Waals surface area (Å²) >= 11 is 1.51. The summed E-state index contributed by atoms with van der Waals surface area (Å²) in [6.45, 7) is 0. The normalized spacial score (nSPS) is 10.1. The molecule has 1 N–H and O–H groups in total. The van der Waals surface area contributed by atoms with E-state index < -0.39 is 0 Å². The third-order valence-electron chi connectivity index (χ3n) is 1.75. The van der Waals surface area contributed by atoms with Gasteiger partial charge in [0.1, 0.15) is 0 Å². The van der Waals surface area contributed by atoms with Crippen LogP contribution in [0.25, 0.3) is 10.6 Å². The van der Waals surface area contributed by atoms with Crippen molar-refractivity contribution in [2.75, 3.05) is 7.05 Å². The van der Waals surface area contributed by atoms with Crippen molar-refractivity contribution in [2.24, 2.45) is 0 Å². The van der Waals surface area contributed by atoms with Gasteiger partial charge in [-0.25, -0.2) is 4.98 Å². The highest BCUT2D eigenvalue weighted by Gasteiger charge is 2.17. The second kappa shape index (κ2) is 3.63. The summed E-state index contributed by atoms with van der Waals surface area (Å²) in [5, 5.41) is 4.44. The average Bonchev–Trinajstić information content (AvgIpc) is 2.85. The van der Waals surface area contributed by atoms with Crippen molar-refractivity contribution in [3.05, 3.63) is 29.6 Å². The number of aromatic nitrogens is 1. The maximum Gasteiger partial charge on any atom is 0.273 e. The molecule has 0 unspecified atom stereocenters. The third-order valence-corrected chi connectivity index (χ3v) is 2.62. The molecule has 2 aromatic rings. The number of carbonyl (C=O) groups excluding carboxylic acids is 1. The molecule has 4 nitrogen and oxygen atoms in total. The quantitative estimate of drug-likeness (QED) is 0.818. The molecule has 2 heterocycles. The van der Waals surface area contributed by atoms with E-state index in [0.717, 1.165) is 4.88 Å². The number of nitrogens with one attached hydrogen (secondary N) is 1. The number of carbonyl (C=O) groups is 1. The number of hydrogen-bond donors (Lipinski definition) is 1. The van der Waals surface area contributed by atoms with E-state index in [1.54, 1.807) is 7.05 Å². The predicted molar refractivity (Wildman–Crippen MR) is 53.2 cm³/mol. The van der Waals surface area contributed by atoms with E-state index in [1.807, 2.05) is 17.5 Å². The first-order chi connectivity index (χ1) is 6.83. The van der Waals surface area contributed by atoms with Crippen LogP contribution in [0.1, 0.15) is 10.5 Å². The van der Waals surface area contributed by atoms with Crippen LogP contribution in [0.4, 0.5) is 0 Å². The Labute approximate surface area is 84.6 Å². The smallest absolute Gasteiger partial charge is 0.273 e. The zero-order valence-corrected chi connectivity index (χ0v) is 8.30. The van der Waals surface area contributed by atoms with E-state index in [2.05, 4.69) is 10.3 Å². The minimum atomic E-state index is -0.234. The average molecular weight is 208 g/mol. The lowest BCUT2D eigenvalue weighted by Crippen LogP contribution is -2.18. The highest BCUT2D eigenvalue weighted by atomic mass is 32.1. The van der Waals surface area contributed by atoms with Crippen LogP contribution < -0.4 is 5.32 Å². The summed E-state index contributed by atoms with van der Waals surface area (Å²) in [5.74, 6) is 0.293. The highest BCUT2D eigenvalue weighted by molar-refractivity contribution is 7.13. The van der Waals surface area contributed by atoms with Gasteiger partial charge >= 0.3 is 0 Å². The molecule has 14 heavy (non-hydrogen) atoms. The minimum Gasteiger partial charge on any atom is -0.442 e. The molecule has 0 aliphatic carbocycles. The van der Waals surface area contributed by atoms with Gasteiger partial charge in [0.2, 0.25) is 0 Å². The van der Waals surface area contributed by atoms with E-state index in [9.17, 15) is 4.79 Å². The molecule has 0 saturated carbocycles. The largest absolute Gasteiger partial charge is 0.442 e. The van der Waals surface area contributed by atoms with Gasteiger partial charge in [0.25, 0.3) is 5.91 Å². The van der Waals surface area contributed by atoms with Gasteiger partial charge in [-0.1, -0.05) is 6.07 Å². The number of amides is 1. The Balaban J connectivity index is 2.45. The molecule has 0 aromatic carbocycles. The van der Waals surface area contributed by atoms with Crippen molar-refractivity contribution in [3.8, 4) is 10.6 Å². The molecule has 0 bridgehead atoms. The van der Waals surface area contributed by atoms with E-state index in [4.69, 9.17) is 4.42 Å². The van der Waals surface area contributed by atoms with E-state index in [0.29, 0.717) is 11.5 Å². The fraction of sp³-hybridized carbons (Fsp3) is 0.111. The van der Waals surface area contributed by atoms with Crippen molar-refractivity contribution < 1.29 is 9.21 Å². The summed E-state index contributed by atoms with van der Waals surface area (Å²) in [7, 11) is 1.56.